The lowest BCUT2D eigenvalue weighted by Gasteiger charge is -2.21. The zero-order valence-electron chi connectivity index (χ0n) is 15.3. The summed E-state index contributed by atoms with van der Waals surface area (Å²) in [6, 6.07) is 1.60. The van der Waals surface area contributed by atoms with Gasteiger partial charge in [-0.05, 0) is 27.7 Å². The van der Waals surface area contributed by atoms with Crippen LogP contribution in [-0.4, -0.2) is 39.6 Å². The highest BCUT2D eigenvalue weighted by Crippen LogP contribution is 2.34. The molecule has 0 fully saturated rings. The molecule has 9 heteroatoms. The second-order valence-corrected chi connectivity index (χ2v) is 9.59. The molecular formula is C17H21N5O3S. The molecule has 0 aliphatic heterocycles. The fraction of sp³-hybridized carbons (Fsp3) is 0.353. The smallest absolute Gasteiger partial charge is 0.188 e. The highest BCUT2D eigenvalue weighted by molar-refractivity contribution is 7.92. The van der Waals surface area contributed by atoms with Gasteiger partial charge in [0.1, 0.15) is 27.8 Å². The summed E-state index contributed by atoms with van der Waals surface area (Å²) in [5.41, 5.74) is 8.03. The van der Waals surface area contributed by atoms with Crippen LogP contribution in [0.4, 0.5) is 5.82 Å². The lowest BCUT2D eigenvalue weighted by molar-refractivity contribution is 0.401. The molecule has 0 bridgehead atoms. The van der Waals surface area contributed by atoms with E-state index in [2.05, 4.69) is 15.0 Å². The number of hydrogen-bond acceptors (Lipinski definition) is 7. The fourth-order valence-corrected chi connectivity index (χ4v) is 3.79. The molecule has 0 saturated carbocycles. The van der Waals surface area contributed by atoms with Crippen LogP contribution in [0.25, 0.3) is 17.0 Å². The Morgan fingerprint density at radius 3 is 2.46 bits per heavy atom. The Morgan fingerprint density at radius 2 is 1.88 bits per heavy atom. The van der Waals surface area contributed by atoms with Crippen LogP contribution in [0, 0.1) is 6.92 Å². The molecule has 3 aromatic heterocycles. The van der Waals surface area contributed by atoms with Crippen LogP contribution >= 0.6 is 0 Å². The molecule has 0 aromatic carbocycles. The number of hydrogen-bond donors (Lipinski definition) is 1. The average Bonchev–Trinajstić information content (AvgIpc) is 2.98. The first-order valence-corrected chi connectivity index (χ1v) is 9.44. The molecule has 138 valence electrons. The standard InChI is InChI=1S/C17H21N5O3S/c1-10-16(18)20-7-11(21-10)12-8-19-15-6-13(25-5)14(9-22(12)15)26(23,24)17(2,3)4/h6-9H,1-5H3,(H2,18,20). The Labute approximate surface area is 152 Å². The quantitative estimate of drug-likeness (QED) is 0.747. The van der Waals surface area contributed by atoms with Gasteiger partial charge >= 0.3 is 0 Å². The van der Waals surface area contributed by atoms with Gasteiger partial charge in [0.05, 0.1) is 35.6 Å². The van der Waals surface area contributed by atoms with E-state index in [4.69, 9.17) is 10.5 Å². The van der Waals surface area contributed by atoms with Crippen molar-refractivity contribution in [3.05, 3.63) is 30.4 Å². The number of pyridine rings is 1. The predicted molar refractivity (Wildman–Crippen MR) is 98.9 cm³/mol. The van der Waals surface area contributed by atoms with Gasteiger partial charge in [-0.2, -0.15) is 0 Å². The van der Waals surface area contributed by atoms with E-state index in [0.29, 0.717) is 28.5 Å². The van der Waals surface area contributed by atoms with E-state index in [9.17, 15) is 8.42 Å². The molecule has 0 radical (unpaired) electrons. The number of nitrogens with two attached hydrogens (primary N) is 1. The van der Waals surface area contributed by atoms with Crippen LogP contribution in [0.2, 0.25) is 0 Å². The van der Waals surface area contributed by atoms with E-state index in [-0.39, 0.29) is 10.6 Å². The molecule has 0 spiro atoms. The predicted octanol–water partition coefficient (Wildman–Crippen LogP) is 2.26. The normalized spacial score (nSPS) is 12.5. The summed E-state index contributed by atoms with van der Waals surface area (Å²) >= 11 is 0. The third-order valence-corrected chi connectivity index (χ3v) is 6.64. The molecule has 0 aliphatic carbocycles. The topological polar surface area (TPSA) is 112 Å². The Hall–Kier alpha value is -2.68. The Balaban J connectivity index is 2.30. The van der Waals surface area contributed by atoms with Gasteiger partial charge in [0.15, 0.2) is 9.84 Å². The largest absolute Gasteiger partial charge is 0.495 e. The maximum Gasteiger partial charge on any atom is 0.188 e. The van der Waals surface area contributed by atoms with E-state index in [0.717, 1.165) is 0 Å². The van der Waals surface area contributed by atoms with E-state index in [1.54, 1.807) is 44.4 Å². The van der Waals surface area contributed by atoms with Crippen LogP contribution in [0.3, 0.4) is 0 Å². The lowest BCUT2D eigenvalue weighted by Crippen LogP contribution is -2.28. The van der Waals surface area contributed by atoms with E-state index < -0.39 is 14.6 Å². The first-order valence-electron chi connectivity index (χ1n) is 7.95. The molecular weight excluding hydrogens is 354 g/mol. The van der Waals surface area contributed by atoms with Crippen molar-refractivity contribution < 1.29 is 13.2 Å². The molecule has 8 nitrogen and oxygen atoms in total. The number of nitrogens with zero attached hydrogens (tertiary/aromatic N) is 4. The van der Waals surface area contributed by atoms with Gasteiger partial charge in [0.2, 0.25) is 0 Å². The molecule has 2 N–H and O–H groups in total. The van der Waals surface area contributed by atoms with Crippen molar-refractivity contribution in [2.24, 2.45) is 0 Å². The first kappa shape index (κ1) is 18.1. The minimum absolute atomic E-state index is 0.0966. The van der Waals surface area contributed by atoms with E-state index >= 15 is 0 Å². The highest BCUT2D eigenvalue weighted by Gasteiger charge is 2.34. The Kier molecular flexibility index (Phi) is 4.14. The molecule has 0 unspecified atom stereocenters. The summed E-state index contributed by atoms with van der Waals surface area (Å²) < 4.78 is 32.0. The van der Waals surface area contributed by atoms with Crippen molar-refractivity contribution in [2.45, 2.75) is 37.3 Å². The van der Waals surface area contributed by atoms with Crippen molar-refractivity contribution >= 4 is 21.3 Å². The van der Waals surface area contributed by atoms with Gasteiger partial charge in [0, 0.05) is 12.3 Å². The second kappa shape index (κ2) is 5.94. The number of imidazole rings is 1. The molecule has 3 aromatic rings. The van der Waals surface area contributed by atoms with Crippen LogP contribution in [0.5, 0.6) is 5.75 Å². The summed E-state index contributed by atoms with van der Waals surface area (Å²) in [4.78, 5) is 13.0. The summed E-state index contributed by atoms with van der Waals surface area (Å²) in [5.74, 6) is 0.601. The zero-order chi connectivity index (χ0) is 19.3. The van der Waals surface area contributed by atoms with Crippen molar-refractivity contribution in [1.29, 1.82) is 0 Å². The minimum Gasteiger partial charge on any atom is -0.495 e. The number of rotatable bonds is 3. The fourth-order valence-electron chi connectivity index (χ4n) is 2.48. The molecule has 0 saturated heterocycles. The molecule has 0 aliphatic rings. The summed E-state index contributed by atoms with van der Waals surface area (Å²) in [5, 5.41) is 0. The van der Waals surface area contributed by atoms with Crippen molar-refractivity contribution in [3.8, 4) is 17.1 Å². The van der Waals surface area contributed by atoms with Gasteiger partial charge in [-0.15, -0.1) is 0 Å². The van der Waals surface area contributed by atoms with Crippen molar-refractivity contribution in [2.75, 3.05) is 12.8 Å². The SMILES string of the molecule is COc1cc2ncc(-c3cnc(N)c(C)n3)n2cc1S(=O)(=O)C(C)(C)C. The van der Waals surface area contributed by atoms with Gasteiger partial charge < -0.3 is 10.5 Å². The van der Waals surface area contributed by atoms with Crippen molar-refractivity contribution in [1.82, 2.24) is 19.4 Å². The first-order chi connectivity index (χ1) is 12.1. The summed E-state index contributed by atoms with van der Waals surface area (Å²) in [6.45, 7) is 6.70. The summed E-state index contributed by atoms with van der Waals surface area (Å²) in [6.07, 6.45) is 4.67. The summed E-state index contributed by atoms with van der Waals surface area (Å²) in [7, 11) is -2.20. The van der Waals surface area contributed by atoms with Crippen LogP contribution in [0.15, 0.2) is 29.6 Å². The highest BCUT2D eigenvalue weighted by atomic mass is 32.2. The number of aryl methyl sites for hydroxylation is 1. The Bertz CT molecular complexity index is 1100. The number of fused-ring (bicyclic) bond motifs is 1. The molecule has 0 atom stereocenters. The molecule has 0 amide bonds. The number of anilines is 1. The van der Waals surface area contributed by atoms with E-state index in [1.165, 1.54) is 19.5 Å². The van der Waals surface area contributed by atoms with E-state index in [1.807, 2.05) is 0 Å². The zero-order valence-corrected chi connectivity index (χ0v) is 16.1. The number of methoxy groups -OCH3 is 1. The molecule has 3 heterocycles. The maximum atomic E-state index is 13.0. The van der Waals surface area contributed by atoms with Crippen LogP contribution in [0.1, 0.15) is 26.5 Å². The lowest BCUT2D eigenvalue weighted by atomic mass is 10.3. The third-order valence-electron chi connectivity index (χ3n) is 4.14. The number of sulfone groups is 1. The number of ether oxygens (including phenoxy) is 1. The molecule has 26 heavy (non-hydrogen) atoms. The van der Waals surface area contributed by atoms with Crippen molar-refractivity contribution in [3.63, 3.8) is 0 Å². The van der Waals surface area contributed by atoms with Crippen LogP contribution in [-0.2, 0) is 9.84 Å². The average molecular weight is 375 g/mol. The molecule has 3 rings (SSSR count). The van der Waals surface area contributed by atoms with Gasteiger partial charge in [0.25, 0.3) is 0 Å². The second-order valence-electron chi connectivity index (χ2n) is 6.92. The minimum atomic E-state index is -3.63. The third kappa shape index (κ3) is 2.78. The Morgan fingerprint density at radius 1 is 1.19 bits per heavy atom. The number of aromatic nitrogens is 4. The monoisotopic (exact) mass is 375 g/mol. The van der Waals surface area contributed by atoms with Gasteiger partial charge in [-0.3, -0.25) is 4.40 Å². The van der Waals surface area contributed by atoms with Gasteiger partial charge in [-0.1, -0.05) is 0 Å². The van der Waals surface area contributed by atoms with Gasteiger partial charge in [-0.25, -0.2) is 23.4 Å². The maximum absolute atomic E-state index is 13.0. The van der Waals surface area contributed by atoms with Crippen LogP contribution < -0.4 is 10.5 Å². The number of nitrogen functional groups attached to an aromatic ring is 1.